The second kappa shape index (κ2) is 11.3. The molecule has 10 nitrogen and oxygen atoms in total. The van der Waals surface area contributed by atoms with E-state index in [9.17, 15) is 14.4 Å². The number of benzene rings is 1. The first-order valence-corrected chi connectivity index (χ1v) is 10.9. The van der Waals surface area contributed by atoms with Gasteiger partial charge in [-0.3, -0.25) is 9.78 Å². The largest absolute Gasteiger partial charge is 0.464 e. The van der Waals surface area contributed by atoms with E-state index in [-0.39, 0.29) is 17.5 Å². The molecule has 1 aromatic heterocycles. The lowest BCUT2D eigenvalue weighted by molar-refractivity contribution is -0.129. The summed E-state index contributed by atoms with van der Waals surface area (Å²) in [6, 6.07) is 12.1. The SMILES string of the molecule is CC(=O)N1CCN(c2ccc(CCc3ccc(CCNN(C(=O)O)C(=O)O)cc3)nc2)CC1. The summed E-state index contributed by atoms with van der Waals surface area (Å²) >= 11 is 0. The van der Waals surface area contributed by atoms with E-state index in [1.807, 2.05) is 41.4 Å². The van der Waals surface area contributed by atoms with Gasteiger partial charge >= 0.3 is 12.2 Å². The molecule has 176 valence electrons. The van der Waals surface area contributed by atoms with Crippen molar-refractivity contribution in [2.45, 2.75) is 26.2 Å². The summed E-state index contributed by atoms with van der Waals surface area (Å²) in [5.41, 5.74) is 6.60. The van der Waals surface area contributed by atoms with Crippen LogP contribution in [-0.2, 0) is 24.1 Å². The number of aromatic nitrogens is 1. The number of amides is 3. The van der Waals surface area contributed by atoms with E-state index < -0.39 is 12.2 Å². The molecule has 0 saturated carbocycles. The Balaban J connectivity index is 1.43. The van der Waals surface area contributed by atoms with Gasteiger partial charge in [-0.05, 0) is 42.5 Å². The molecule has 33 heavy (non-hydrogen) atoms. The topological polar surface area (TPSA) is 126 Å². The monoisotopic (exact) mass is 455 g/mol. The Kier molecular flexibility index (Phi) is 8.20. The lowest BCUT2D eigenvalue weighted by atomic mass is 10.0. The third-order valence-electron chi connectivity index (χ3n) is 5.66. The fourth-order valence-electron chi connectivity index (χ4n) is 3.71. The number of rotatable bonds is 8. The zero-order valence-electron chi connectivity index (χ0n) is 18.6. The van der Waals surface area contributed by atoms with Crippen molar-refractivity contribution in [3.8, 4) is 0 Å². The summed E-state index contributed by atoms with van der Waals surface area (Å²) < 4.78 is 0. The van der Waals surface area contributed by atoms with Crippen LogP contribution in [0.25, 0.3) is 0 Å². The first-order valence-electron chi connectivity index (χ1n) is 10.9. The van der Waals surface area contributed by atoms with Gasteiger partial charge in [0.2, 0.25) is 5.91 Å². The Labute approximate surface area is 192 Å². The smallest absolute Gasteiger partial charge is 0.431 e. The normalized spacial score (nSPS) is 13.6. The zero-order chi connectivity index (χ0) is 23.8. The molecule has 10 heteroatoms. The summed E-state index contributed by atoms with van der Waals surface area (Å²) in [5, 5.41) is 17.8. The van der Waals surface area contributed by atoms with Gasteiger partial charge in [0.05, 0.1) is 11.9 Å². The number of carbonyl (C=O) groups is 3. The molecule has 0 unspecified atom stereocenters. The highest BCUT2D eigenvalue weighted by Gasteiger charge is 2.19. The number of imide groups is 1. The Morgan fingerprint density at radius 1 is 0.909 bits per heavy atom. The summed E-state index contributed by atoms with van der Waals surface area (Å²) in [7, 11) is 0. The van der Waals surface area contributed by atoms with Crippen molar-refractivity contribution in [3.63, 3.8) is 0 Å². The van der Waals surface area contributed by atoms with Crippen molar-refractivity contribution in [2.24, 2.45) is 0 Å². The highest BCUT2D eigenvalue weighted by molar-refractivity contribution is 5.84. The molecule has 3 rings (SSSR count). The first kappa shape index (κ1) is 24.0. The van der Waals surface area contributed by atoms with Crippen LogP contribution in [0.4, 0.5) is 15.3 Å². The third kappa shape index (κ3) is 6.91. The molecule has 0 radical (unpaired) electrons. The van der Waals surface area contributed by atoms with Crippen molar-refractivity contribution in [2.75, 3.05) is 37.6 Å². The maximum absolute atomic E-state index is 11.5. The Bertz CT molecular complexity index is 942. The summed E-state index contributed by atoms with van der Waals surface area (Å²) in [6.45, 7) is 4.90. The van der Waals surface area contributed by atoms with E-state index in [1.165, 1.54) is 0 Å². The summed E-state index contributed by atoms with van der Waals surface area (Å²) in [6.07, 6.45) is 0.928. The molecule has 0 spiro atoms. The van der Waals surface area contributed by atoms with Crippen LogP contribution in [-0.4, -0.2) is 75.9 Å². The number of piperazine rings is 1. The maximum atomic E-state index is 11.5. The number of hydrogen-bond donors (Lipinski definition) is 3. The fourth-order valence-corrected chi connectivity index (χ4v) is 3.71. The number of anilines is 1. The minimum absolute atomic E-state index is 0.121. The van der Waals surface area contributed by atoms with Crippen molar-refractivity contribution in [3.05, 3.63) is 59.4 Å². The molecule has 0 aliphatic carbocycles. The van der Waals surface area contributed by atoms with Crippen LogP contribution < -0.4 is 10.3 Å². The van der Waals surface area contributed by atoms with E-state index in [2.05, 4.69) is 21.4 Å². The van der Waals surface area contributed by atoms with Gasteiger partial charge < -0.3 is 20.0 Å². The maximum Gasteiger partial charge on any atom is 0.431 e. The molecule has 2 heterocycles. The standard InChI is InChI=1S/C23H29N5O5/c1-17(29)26-12-14-27(15-13-26)21-9-8-20(24-16-21)7-6-18-2-4-19(5-3-18)10-11-25-28(22(30)31)23(32)33/h2-5,8-9,16,25H,6-7,10-15H2,1H3,(H,30,31)(H,32,33). The van der Waals surface area contributed by atoms with Gasteiger partial charge in [0.25, 0.3) is 0 Å². The number of hydrazine groups is 1. The molecule has 1 fully saturated rings. The number of nitrogens with one attached hydrogen (secondary N) is 1. The van der Waals surface area contributed by atoms with Crippen molar-refractivity contribution < 1.29 is 24.6 Å². The number of pyridine rings is 1. The van der Waals surface area contributed by atoms with Crippen LogP contribution in [0.3, 0.4) is 0 Å². The van der Waals surface area contributed by atoms with Gasteiger partial charge in [0.15, 0.2) is 0 Å². The average Bonchev–Trinajstić information content (AvgIpc) is 2.81. The molecule has 3 N–H and O–H groups in total. The number of aryl methyl sites for hydroxylation is 2. The number of nitrogens with zero attached hydrogens (tertiary/aromatic N) is 4. The van der Waals surface area contributed by atoms with Crippen LogP contribution in [0, 0.1) is 0 Å². The summed E-state index contributed by atoms with van der Waals surface area (Å²) in [5.74, 6) is 0.121. The van der Waals surface area contributed by atoms with Gasteiger partial charge in [-0.2, -0.15) is 0 Å². The third-order valence-corrected chi connectivity index (χ3v) is 5.66. The van der Waals surface area contributed by atoms with Gasteiger partial charge in [0.1, 0.15) is 0 Å². The predicted octanol–water partition coefficient (Wildman–Crippen LogP) is 2.24. The van der Waals surface area contributed by atoms with Crippen LogP contribution in [0.1, 0.15) is 23.7 Å². The predicted molar refractivity (Wildman–Crippen MR) is 122 cm³/mol. The minimum atomic E-state index is -1.56. The lowest BCUT2D eigenvalue weighted by Crippen LogP contribution is -2.48. The molecule has 1 saturated heterocycles. The Morgan fingerprint density at radius 3 is 2.03 bits per heavy atom. The molecule has 1 aromatic carbocycles. The molecular formula is C23H29N5O5. The molecule has 1 aliphatic rings. The van der Waals surface area contributed by atoms with Gasteiger partial charge in [0, 0.05) is 45.3 Å². The minimum Gasteiger partial charge on any atom is -0.464 e. The van der Waals surface area contributed by atoms with Gasteiger partial charge in [-0.1, -0.05) is 24.3 Å². The molecule has 0 bridgehead atoms. The Hall–Kier alpha value is -3.66. The second-order valence-electron chi connectivity index (χ2n) is 7.88. The van der Waals surface area contributed by atoms with Crippen LogP contribution in [0.5, 0.6) is 0 Å². The van der Waals surface area contributed by atoms with E-state index >= 15 is 0 Å². The first-order chi connectivity index (χ1) is 15.8. The Morgan fingerprint density at radius 2 is 1.52 bits per heavy atom. The van der Waals surface area contributed by atoms with Crippen LogP contribution in [0.15, 0.2) is 42.6 Å². The average molecular weight is 456 g/mol. The molecule has 3 amide bonds. The number of carbonyl (C=O) groups excluding carboxylic acids is 1. The van der Waals surface area contributed by atoms with E-state index in [4.69, 9.17) is 10.2 Å². The van der Waals surface area contributed by atoms with Crippen LogP contribution in [0.2, 0.25) is 0 Å². The molecule has 2 aromatic rings. The number of carboxylic acid groups (broad SMARTS) is 2. The molecular weight excluding hydrogens is 426 g/mol. The van der Waals surface area contributed by atoms with Gasteiger partial charge in [-0.15, -0.1) is 5.01 Å². The fraction of sp³-hybridized carbons (Fsp3) is 0.391. The van der Waals surface area contributed by atoms with Crippen molar-refractivity contribution in [1.82, 2.24) is 20.3 Å². The van der Waals surface area contributed by atoms with Crippen molar-refractivity contribution >= 4 is 23.8 Å². The van der Waals surface area contributed by atoms with E-state index in [1.54, 1.807) is 6.92 Å². The second-order valence-corrected chi connectivity index (χ2v) is 7.88. The van der Waals surface area contributed by atoms with Crippen LogP contribution >= 0.6 is 0 Å². The highest BCUT2D eigenvalue weighted by Crippen LogP contribution is 2.17. The molecule has 1 aliphatic heterocycles. The van der Waals surface area contributed by atoms with Gasteiger partial charge in [-0.25, -0.2) is 15.0 Å². The quantitative estimate of drug-likeness (QED) is 0.518. The lowest BCUT2D eigenvalue weighted by Gasteiger charge is -2.35. The highest BCUT2D eigenvalue weighted by atomic mass is 16.4. The zero-order valence-corrected chi connectivity index (χ0v) is 18.6. The van der Waals surface area contributed by atoms with Crippen molar-refractivity contribution in [1.29, 1.82) is 0 Å². The summed E-state index contributed by atoms with van der Waals surface area (Å²) in [4.78, 5) is 41.8. The number of hydrogen-bond acceptors (Lipinski definition) is 6. The van der Waals surface area contributed by atoms with E-state index in [0.717, 1.165) is 61.5 Å². The molecule has 0 atom stereocenters. The van der Waals surface area contributed by atoms with E-state index in [0.29, 0.717) is 6.42 Å².